The van der Waals surface area contributed by atoms with Gasteiger partial charge in [0, 0.05) is 22.2 Å². The number of carbonyl (C=O) groups excluding carboxylic acids is 2. The fourth-order valence-corrected chi connectivity index (χ4v) is 3.23. The minimum absolute atomic E-state index is 0.0325. The van der Waals surface area contributed by atoms with Crippen LogP contribution in [0.15, 0.2) is 54.1 Å². The predicted molar refractivity (Wildman–Crippen MR) is 99.0 cm³/mol. The van der Waals surface area contributed by atoms with Gasteiger partial charge in [0.2, 0.25) is 0 Å². The third-order valence-electron chi connectivity index (χ3n) is 4.18. The maximum atomic E-state index is 12.6. The molecule has 1 saturated heterocycles. The van der Waals surface area contributed by atoms with Crippen molar-refractivity contribution in [3.05, 3.63) is 75.3 Å². The molecule has 0 radical (unpaired) electrons. The van der Waals surface area contributed by atoms with Crippen molar-refractivity contribution in [1.29, 1.82) is 0 Å². The van der Waals surface area contributed by atoms with Crippen LogP contribution in [0.25, 0.3) is 5.76 Å². The summed E-state index contributed by atoms with van der Waals surface area (Å²) in [6.45, 7) is -0.340. The Labute approximate surface area is 160 Å². The van der Waals surface area contributed by atoms with Gasteiger partial charge >= 0.3 is 0 Å². The number of aliphatic hydroxyl groups is 2. The molecule has 2 N–H and O–H groups in total. The van der Waals surface area contributed by atoms with Crippen LogP contribution >= 0.6 is 23.2 Å². The second-order valence-corrected chi connectivity index (χ2v) is 6.65. The predicted octanol–water partition coefficient (Wildman–Crippen LogP) is 3.41. The summed E-state index contributed by atoms with van der Waals surface area (Å²) in [6, 6.07) is 12.1. The summed E-state index contributed by atoms with van der Waals surface area (Å²) in [4.78, 5) is 26.2. The van der Waals surface area contributed by atoms with Gasteiger partial charge in [-0.2, -0.15) is 0 Å². The lowest BCUT2D eigenvalue weighted by Crippen LogP contribution is -2.32. The van der Waals surface area contributed by atoms with Gasteiger partial charge in [-0.1, -0.05) is 35.3 Å². The number of aliphatic hydroxyl groups excluding tert-OH is 2. The van der Waals surface area contributed by atoms with E-state index in [1.54, 1.807) is 48.5 Å². The molecule has 0 aromatic heterocycles. The van der Waals surface area contributed by atoms with Crippen LogP contribution in [0.4, 0.5) is 0 Å². The van der Waals surface area contributed by atoms with Crippen molar-refractivity contribution in [2.45, 2.75) is 6.04 Å². The van der Waals surface area contributed by atoms with E-state index in [2.05, 4.69) is 0 Å². The highest BCUT2D eigenvalue weighted by Gasteiger charge is 2.45. The van der Waals surface area contributed by atoms with Crippen molar-refractivity contribution in [1.82, 2.24) is 4.90 Å². The number of nitrogens with zero attached hydrogens (tertiary/aromatic N) is 1. The number of Topliss-reactive ketones (excluding diaryl/α,β-unsaturated/α-hetero) is 1. The molecule has 1 atom stereocenters. The van der Waals surface area contributed by atoms with Gasteiger partial charge in [0.25, 0.3) is 11.7 Å². The fraction of sp³-hybridized carbons (Fsp3) is 0.158. The number of likely N-dealkylation sites (tertiary alicyclic amines) is 1. The molecule has 2 aromatic carbocycles. The van der Waals surface area contributed by atoms with Gasteiger partial charge in [-0.05, 0) is 42.0 Å². The van der Waals surface area contributed by atoms with Crippen molar-refractivity contribution in [2.75, 3.05) is 13.2 Å². The SMILES string of the molecule is O=C1C(=O)N(CCO)[C@@H](c2ccc(Cl)cc2)/C1=C(\O)c1ccc(Cl)cc1. The van der Waals surface area contributed by atoms with Gasteiger partial charge in [0.15, 0.2) is 0 Å². The number of carbonyl (C=O) groups is 2. The van der Waals surface area contributed by atoms with Crippen LogP contribution in [0, 0.1) is 0 Å². The molecule has 134 valence electrons. The fourth-order valence-electron chi connectivity index (χ4n) is 2.97. The van der Waals surface area contributed by atoms with Crippen LogP contribution in [-0.2, 0) is 9.59 Å². The summed E-state index contributed by atoms with van der Waals surface area (Å²) in [5.74, 6) is -1.86. The first kappa shape index (κ1) is 18.5. The molecule has 0 spiro atoms. The van der Waals surface area contributed by atoms with Gasteiger partial charge in [-0.15, -0.1) is 0 Å². The topological polar surface area (TPSA) is 77.8 Å². The molecule has 2 aromatic rings. The molecular formula is C19H15Cl2NO4. The van der Waals surface area contributed by atoms with E-state index in [0.717, 1.165) is 0 Å². The first-order chi connectivity index (χ1) is 12.4. The van der Waals surface area contributed by atoms with Crippen LogP contribution in [-0.4, -0.2) is 40.0 Å². The molecule has 0 saturated carbocycles. The molecule has 1 aliphatic rings. The molecule has 0 bridgehead atoms. The summed E-state index contributed by atoms with van der Waals surface area (Å²) >= 11 is 11.8. The third-order valence-corrected chi connectivity index (χ3v) is 4.69. The Morgan fingerprint density at radius 2 is 1.50 bits per heavy atom. The van der Waals surface area contributed by atoms with E-state index in [4.69, 9.17) is 23.2 Å². The van der Waals surface area contributed by atoms with Gasteiger partial charge in [-0.3, -0.25) is 9.59 Å². The maximum absolute atomic E-state index is 12.6. The van der Waals surface area contributed by atoms with E-state index in [1.165, 1.54) is 4.90 Å². The molecule has 7 heteroatoms. The van der Waals surface area contributed by atoms with E-state index in [0.29, 0.717) is 21.2 Å². The van der Waals surface area contributed by atoms with Gasteiger partial charge in [-0.25, -0.2) is 0 Å². The number of halogens is 2. The minimum Gasteiger partial charge on any atom is -0.507 e. The number of amides is 1. The number of ketones is 1. The molecule has 1 aliphatic heterocycles. The number of hydrogen-bond acceptors (Lipinski definition) is 4. The van der Waals surface area contributed by atoms with Crippen molar-refractivity contribution >= 4 is 40.7 Å². The molecular weight excluding hydrogens is 377 g/mol. The van der Waals surface area contributed by atoms with Crippen LogP contribution in [0.5, 0.6) is 0 Å². The third kappa shape index (κ3) is 3.33. The zero-order valence-electron chi connectivity index (χ0n) is 13.5. The lowest BCUT2D eigenvalue weighted by molar-refractivity contribution is -0.140. The Kier molecular flexibility index (Phi) is 5.32. The molecule has 5 nitrogen and oxygen atoms in total. The molecule has 26 heavy (non-hydrogen) atoms. The van der Waals surface area contributed by atoms with E-state index < -0.39 is 17.7 Å². The summed E-state index contributed by atoms with van der Waals surface area (Å²) in [6.07, 6.45) is 0. The van der Waals surface area contributed by atoms with Gasteiger partial charge < -0.3 is 15.1 Å². The monoisotopic (exact) mass is 391 g/mol. The van der Waals surface area contributed by atoms with Crippen molar-refractivity contribution in [2.24, 2.45) is 0 Å². The summed E-state index contributed by atoms with van der Waals surface area (Å²) < 4.78 is 0. The normalized spacial score (nSPS) is 19.2. The van der Waals surface area contributed by atoms with Crippen molar-refractivity contribution in [3.8, 4) is 0 Å². The quantitative estimate of drug-likeness (QED) is 0.475. The van der Waals surface area contributed by atoms with Crippen molar-refractivity contribution in [3.63, 3.8) is 0 Å². The van der Waals surface area contributed by atoms with E-state index in [1.807, 2.05) is 0 Å². The summed E-state index contributed by atoms with van der Waals surface area (Å²) in [7, 11) is 0. The van der Waals surface area contributed by atoms with E-state index in [9.17, 15) is 19.8 Å². The molecule has 1 fully saturated rings. The number of β-amino-alcohol motifs (C(OH)–C–C–N with tert-alkyl or cyclic N) is 1. The van der Waals surface area contributed by atoms with Crippen LogP contribution in [0.2, 0.25) is 10.0 Å². The molecule has 0 unspecified atom stereocenters. The average molecular weight is 392 g/mol. The number of rotatable bonds is 4. The second kappa shape index (κ2) is 7.50. The number of benzene rings is 2. The first-order valence-corrected chi connectivity index (χ1v) is 8.60. The van der Waals surface area contributed by atoms with Crippen molar-refractivity contribution < 1.29 is 19.8 Å². The smallest absolute Gasteiger partial charge is 0.295 e. The highest BCUT2D eigenvalue weighted by Crippen LogP contribution is 2.39. The van der Waals surface area contributed by atoms with E-state index in [-0.39, 0.29) is 24.5 Å². The van der Waals surface area contributed by atoms with Gasteiger partial charge in [0.1, 0.15) is 5.76 Å². The lowest BCUT2D eigenvalue weighted by Gasteiger charge is -2.24. The standard InChI is InChI=1S/C19H15Cl2NO4/c20-13-5-1-11(2-6-13)16-15(18(25)19(26)22(16)9-10-23)17(24)12-3-7-14(21)8-4-12/h1-8,16,23-24H,9-10H2/b17-15+/t16-/m0/s1. The molecule has 3 rings (SSSR count). The average Bonchev–Trinajstić information content (AvgIpc) is 2.88. The van der Waals surface area contributed by atoms with E-state index >= 15 is 0 Å². The second-order valence-electron chi connectivity index (χ2n) is 5.77. The Balaban J connectivity index is 2.17. The largest absolute Gasteiger partial charge is 0.507 e. The highest BCUT2D eigenvalue weighted by atomic mass is 35.5. The van der Waals surface area contributed by atoms with Gasteiger partial charge in [0.05, 0.1) is 18.2 Å². The zero-order chi connectivity index (χ0) is 18.8. The Morgan fingerprint density at radius 3 is 2.04 bits per heavy atom. The molecule has 1 amide bonds. The zero-order valence-corrected chi connectivity index (χ0v) is 15.0. The Bertz CT molecular complexity index is 875. The molecule has 0 aliphatic carbocycles. The molecule has 1 heterocycles. The first-order valence-electron chi connectivity index (χ1n) is 7.84. The lowest BCUT2D eigenvalue weighted by atomic mass is 9.95. The summed E-state index contributed by atoms with van der Waals surface area (Å²) in [5.41, 5.74) is 0.945. The van der Waals surface area contributed by atoms with Crippen LogP contribution in [0.3, 0.4) is 0 Å². The highest BCUT2D eigenvalue weighted by molar-refractivity contribution is 6.46. The Hall–Kier alpha value is -2.34. The minimum atomic E-state index is -0.810. The Morgan fingerprint density at radius 1 is 0.962 bits per heavy atom. The summed E-state index contributed by atoms with van der Waals surface area (Å²) in [5, 5.41) is 21.0. The number of hydrogen-bond donors (Lipinski definition) is 2. The van der Waals surface area contributed by atoms with Crippen LogP contribution < -0.4 is 0 Å². The maximum Gasteiger partial charge on any atom is 0.295 e. The van der Waals surface area contributed by atoms with Crippen LogP contribution in [0.1, 0.15) is 17.2 Å².